The summed E-state index contributed by atoms with van der Waals surface area (Å²) in [6.45, 7) is 3.70. The summed E-state index contributed by atoms with van der Waals surface area (Å²) in [5.41, 5.74) is 0.980. The van der Waals surface area contributed by atoms with Gasteiger partial charge in [-0.2, -0.15) is 0 Å². The lowest BCUT2D eigenvalue weighted by molar-refractivity contribution is 0.0600. The summed E-state index contributed by atoms with van der Waals surface area (Å²) in [5.74, 6) is -0.436. The number of benzene rings is 1. The molecule has 0 saturated carbocycles. The first-order valence-electron chi connectivity index (χ1n) is 5.08. The molecule has 0 saturated heterocycles. The first kappa shape index (κ1) is 14.6. The zero-order valence-electron chi connectivity index (χ0n) is 10.5. The molecule has 1 rings (SSSR count). The second kappa shape index (κ2) is 5.96. The summed E-state index contributed by atoms with van der Waals surface area (Å²) in [6.07, 6.45) is 0. The fourth-order valence-electron chi connectivity index (χ4n) is 1.37. The van der Waals surface area contributed by atoms with Gasteiger partial charge in [0.25, 0.3) is 0 Å². The molecule has 18 heavy (non-hydrogen) atoms. The van der Waals surface area contributed by atoms with Gasteiger partial charge in [0.1, 0.15) is 0 Å². The van der Waals surface area contributed by atoms with Crippen LogP contribution in [0.5, 0.6) is 0 Å². The summed E-state index contributed by atoms with van der Waals surface area (Å²) >= 11 is 0. The molecule has 0 aliphatic heterocycles. The van der Waals surface area contributed by atoms with Gasteiger partial charge < -0.3 is 13.8 Å². The zero-order valence-corrected chi connectivity index (χ0v) is 11.4. The Kier molecular flexibility index (Phi) is 4.84. The van der Waals surface area contributed by atoms with Crippen LogP contribution in [0.15, 0.2) is 30.8 Å². The van der Waals surface area contributed by atoms with Crippen molar-refractivity contribution in [2.45, 2.75) is 0 Å². The summed E-state index contributed by atoms with van der Waals surface area (Å²) in [4.78, 5) is 11.3. The molecule has 0 aromatic heterocycles. The van der Waals surface area contributed by atoms with Crippen LogP contribution in [0, 0.1) is 0 Å². The highest BCUT2D eigenvalue weighted by atomic mass is 31.2. The van der Waals surface area contributed by atoms with E-state index in [0.29, 0.717) is 11.1 Å². The van der Waals surface area contributed by atoms with Crippen LogP contribution in [0.2, 0.25) is 0 Å². The van der Waals surface area contributed by atoms with E-state index in [4.69, 9.17) is 9.05 Å². The summed E-state index contributed by atoms with van der Waals surface area (Å²) in [5, 5.41) is 0.240. The quantitative estimate of drug-likeness (QED) is 0.608. The number of carbonyl (C=O) groups is 1. The van der Waals surface area contributed by atoms with Crippen molar-refractivity contribution < 1.29 is 23.1 Å². The van der Waals surface area contributed by atoms with Crippen molar-refractivity contribution in [2.24, 2.45) is 0 Å². The molecular formula is C12H15O5P. The molecule has 0 radical (unpaired) electrons. The van der Waals surface area contributed by atoms with Gasteiger partial charge in [-0.1, -0.05) is 18.7 Å². The maximum absolute atomic E-state index is 12.1. The standard InChI is InChI=1S/C12H15O5P/c1-9(18(14,16-3)17-4)10-5-7-11(8-6-10)12(13)15-2/h5-8H,1H2,2-4H3. The smallest absolute Gasteiger partial charge is 0.360 e. The zero-order chi connectivity index (χ0) is 13.8. The summed E-state index contributed by atoms with van der Waals surface area (Å²) in [6, 6.07) is 6.34. The van der Waals surface area contributed by atoms with E-state index in [1.54, 1.807) is 24.3 Å². The Morgan fingerprint density at radius 1 is 1.06 bits per heavy atom. The third-order valence-electron chi connectivity index (χ3n) is 2.45. The Labute approximate surface area is 106 Å². The van der Waals surface area contributed by atoms with Crippen molar-refractivity contribution >= 4 is 18.9 Å². The molecule has 98 valence electrons. The predicted octanol–water partition coefficient (Wildman–Crippen LogP) is 2.93. The molecule has 0 atom stereocenters. The molecule has 1 aromatic carbocycles. The lowest BCUT2D eigenvalue weighted by Gasteiger charge is -2.16. The van der Waals surface area contributed by atoms with Gasteiger partial charge in [0.2, 0.25) is 0 Å². The molecule has 5 nitrogen and oxygen atoms in total. The molecule has 1 aromatic rings. The second-order valence-electron chi connectivity index (χ2n) is 3.38. The first-order valence-corrected chi connectivity index (χ1v) is 6.62. The molecule has 6 heteroatoms. The van der Waals surface area contributed by atoms with E-state index in [0.717, 1.165) is 0 Å². The van der Waals surface area contributed by atoms with Crippen LogP contribution in [0.1, 0.15) is 15.9 Å². The van der Waals surface area contributed by atoms with Crippen LogP contribution < -0.4 is 0 Å². The van der Waals surface area contributed by atoms with Crippen LogP contribution in [-0.2, 0) is 18.3 Å². The minimum atomic E-state index is -3.35. The molecule has 0 amide bonds. The Hall–Kier alpha value is -1.42. The molecule has 0 spiro atoms. The van der Waals surface area contributed by atoms with Crippen LogP contribution in [-0.4, -0.2) is 27.3 Å². The van der Waals surface area contributed by atoms with Gasteiger partial charge >= 0.3 is 13.6 Å². The highest BCUT2D eigenvalue weighted by molar-refractivity contribution is 7.65. The number of esters is 1. The number of methoxy groups -OCH3 is 1. The van der Waals surface area contributed by atoms with Crippen molar-refractivity contribution in [1.82, 2.24) is 0 Å². The van der Waals surface area contributed by atoms with Gasteiger partial charge in [0, 0.05) is 14.2 Å². The average Bonchev–Trinajstić information content (AvgIpc) is 2.44. The number of carbonyl (C=O) groups excluding carboxylic acids is 1. The van der Waals surface area contributed by atoms with E-state index in [-0.39, 0.29) is 5.31 Å². The van der Waals surface area contributed by atoms with E-state index < -0.39 is 13.6 Å². The largest absolute Gasteiger partial charge is 0.465 e. The Morgan fingerprint density at radius 2 is 1.50 bits per heavy atom. The molecule has 0 heterocycles. The van der Waals surface area contributed by atoms with Gasteiger partial charge in [-0.15, -0.1) is 0 Å². The highest BCUT2D eigenvalue weighted by Gasteiger charge is 2.26. The highest BCUT2D eigenvalue weighted by Crippen LogP contribution is 2.58. The van der Waals surface area contributed by atoms with Gasteiger partial charge in [0.05, 0.1) is 18.0 Å². The predicted molar refractivity (Wildman–Crippen MR) is 68.4 cm³/mol. The average molecular weight is 270 g/mol. The lowest BCUT2D eigenvalue weighted by atomic mass is 10.1. The maximum Gasteiger partial charge on any atom is 0.360 e. The fourth-order valence-corrected chi connectivity index (χ4v) is 2.42. The van der Waals surface area contributed by atoms with E-state index in [1.807, 2.05) is 0 Å². The summed E-state index contributed by atoms with van der Waals surface area (Å²) in [7, 11) is 0.534. The molecule has 0 N–H and O–H groups in total. The van der Waals surface area contributed by atoms with Crippen molar-refractivity contribution in [3.63, 3.8) is 0 Å². The molecular weight excluding hydrogens is 255 g/mol. The molecule has 0 unspecified atom stereocenters. The third kappa shape index (κ3) is 2.88. The van der Waals surface area contributed by atoms with Crippen molar-refractivity contribution in [3.8, 4) is 0 Å². The van der Waals surface area contributed by atoms with Crippen LogP contribution >= 0.6 is 7.60 Å². The van der Waals surface area contributed by atoms with Gasteiger partial charge in [0.15, 0.2) is 0 Å². The maximum atomic E-state index is 12.1. The van der Waals surface area contributed by atoms with E-state index >= 15 is 0 Å². The van der Waals surface area contributed by atoms with E-state index in [9.17, 15) is 9.36 Å². The van der Waals surface area contributed by atoms with Crippen molar-refractivity contribution in [1.29, 1.82) is 0 Å². The normalized spacial score (nSPS) is 11.1. The molecule has 0 aliphatic carbocycles. The second-order valence-corrected chi connectivity index (χ2v) is 5.64. The third-order valence-corrected chi connectivity index (χ3v) is 4.33. The number of ether oxygens (including phenoxy) is 1. The first-order chi connectivity index (χ1) is 8.48. The number of hydrogen-bond acceptors (Lipinski definition) is 5. The lowest BCUT2D eigenvalue weighted by Crippen LogP contribution is -2.01. The van der Waals surface area contributed by atoms with Crippen LogP contribution in [0.25, 0.3) is 5.31 Å². The Bertz CT molecular complexity index is 484. The van der Waals surface area contributed by atoms with Crippen molar-refractivity contribution in [3.05, 3.63) is 42.0 Å². The molecule has 0 aliphatic rings. The topological polar surface area (TPSA) is 61.8 Å². The minimum Gasteiger partial charge on any atom is -0.465 e. The monoisotopic (exact) mass is 270 g/mol. The summed E-state index contributed by atoms with van der Waals surface area (Å²) < 4.78 is 26.4. The molecule has 0 fully saturated rings. The fraction of sp³-hybridized carbons (Fsp3) is 0.250. The Morgan fingerprint density at radius 3 is 1.89 bits per heavy atom. The van der Waals surface area contributed by atoms with Crippen LogP contribution in [0.4, 0.5) is 0 Å². The Balaban J connectivity index is 3.02. The van der Waals surface area contributed by atoms with Gasteiger partial charge in [-0.25, -0.2) is 4.79 Å². The van der Waals surface area contributed by atoms with Crippen molar-refractivity contribution in [2.75, 3.05) is 21.3 Å². The van der Waals surface area contributed by atoms with Gasteiger partial charge in [-0.05, 0) is 17.7 Å². The molecule has 0 bridgehead atoms. The van der Waals surface area contributed by atoms with Gasteiger partial charge in [-0.3, -0.25) is 4.57 Å². The number of hydrogen-bond donors (Lipinski definition) is 0. The van der Waals surface area contributed by atoms with E-state index in [1.165, 1.54) is 21.3 Å². The minimum absolute atomic E-state index is 0.240. The number of rotatable bonds is 5. The van der Waals surface area contributed by atoms with Crippen LogP contribution in [0.3, 0.4) is 0 Å². The SMILES string of the molecule is C=C(c1ccc(C(=O)OC)cc1)P(=O)(OC)OC. The van der Waals surface area contributed by atoms with E-state index in [2.05, 4.69) is 11.3 Å².